The van der Waals surface area contributed by atoms with Crippen LogP contribution in [0.3, 0.4) is 0 Å². The molecule has 2 unspecified atom stereocenters. The standard InChI is InChI=1S/2C24H21NO5.C7H12/c2*1-4-7-8-9-10-11-12-13-20-14-16-21(17-15-20)28-18-22(19-29-23(26)5-2)30-24(27)25-6-3;1-2-7-4-3-6(1)5-7/h2*5,14-17,22H,2,6,18-19H2,1,3H3,(H,25,27);6-7H,1-5H2. The molecule has 67 heavy (non-hydrogen) atoms. The predicted molar refractivity (Wildman–Crippen MR) is 256 cm³/mol. The van der Waals surface area contributed by atoms with E-state index in [1.165, 1.54) is 11.8 Å². The lowest BCUT2D eigenvalue weighted by molar-refractivity contribution is -0.142. The maximum absolute atomic E-state index is 11.6. The first kappa shape index (κ1) is 54.6. The van der Waals surface area contributed by atoms with Gasteiger partial charge in [0.15, 0.2) is 12.2 Å². The average Bonchev–Trinajstić information content (AvgIpc) is 4.01. The highest BCUT2D eigenvalue weighted by Gasteiger charge is 2.30. The Kier molecular flexibility index (Phi) is 28.5. The number of nitrogens with one attached hydrogen (secondary N) is 2. The normalized spacial score (nSPS) is 13.3. The van der Waals surface area contributed by atoms with E-state index in [-0.39, 0.29) is 26.4 Å². The zero-order chi connectivity index (χ0) is 48.7. The van der Waals surface area contributed by atoms with Crippen molar-refractivity contribution in [3.63, 3.8) is 0 Å². The largest absolute Gasteiger partial charge is 0.490 e. The van der Waals surface area contributed by atoms with Crippen molar-refractivity contribution in [2.75, 3.05) is 39.5 Å². The Hall–Kier alpha value is -8.52. The summed E-state index contributed by atoms with van der Waals surface area (Å²) in [5, 5.41) is 5.01. The lowest BCUT2D eigenvalue weighted by atomic mass is 10.0. The van der Waals surface area contributed by atoms with Gasteiger partial charge in [0.1, 0.15) is 37.9 Å². The number of alkyl carbamates (subject to hydrolysis) is 2. The van der Waals surface area contributed by atoms with Gasteiger partial charge in [-0.05, 0) is 166 Å². The molecule has 2 aromatic carbocycles. The molecule has 2 bridgehead atoms. The molecule has 0 spiro atoms. The van der Waals surface area contributed by atoms with Crippen molar-refractivity contribution >= 4 is 24.1 Å². The van der Waals surface area contributed by atoms with Gasteiger partial charge in [0, 0.05) is 36.4 Å². The topological polar surface area (TPSA) is 148 Å². The molecule has 0 aliphatic heterocycles. The Balaban J connectivity index is 0.000000398. The predicted octanol–water partition coefficient (Wildman–Crippen LogP) is 6.78. The monoisotopic (exact) mass is 902 g/mol. The third-order valence-electron chi connectivity index (χ3n) is 8.85. The molecule has 4 rings (SSSR count). The summed E-state index contributed by atoms with van der Waals surface area (Å²) in [5.74, 6) is 44.4. The second kappa shape index (κ2) is 34.9. The number of ether oxygens (including phenoxy) is 6. The summed E-state index contributed by atoms with van der Waals surface area (Å²) in [6.07, 6.45) is 7.06. The maximum Gasteiger partial charge on any atom is 0.407 e. The minimum Gasteiger partial charge on any atom is -0.490 e. The number of esters is 2. The minimum atomic E-state index is -0.784. The van der Waals surface area contributed by atoms with E-state index in [1.54, 1.807) is 108 Å². The fourth-order valence-electron chi connectivity index (χ4n) is 5.78. The molecule has 2 saturated carbocycles. The first-order valence-corrected chi connectivity index (χ1v) is 21.4. The summed E-state index contributed by atoms with van der Waals surface area (Å²) in [6.45, 7) is 14.0. The molecule has 0 saturated heterocycles. The number of hydrogen-bond acceptors (Lipinski definition) is 10. The summed E-state index contributed by atoms with van der Waals surface area (Å²) >= 11 is 0. The smallest absolute Gasteiger partial charge is 0.407 e. The van der Waals surface area contributed by atoms with Gasteiger partial charge in [-0.2, -0.15) is 0 Å². The molecule has 2 aliphatic rings. The van der Waals surface area contributed by atoms with E-state index < -0.39 is 36.3 Å². The molecule has 0 radical (unpaired) electrons. The lowest BCUT2D eigenvalue weighted by Crippen LogP contribution is -2.35. The minimum absolute atomic E-state index is 0.00260. The van der Waals surface area contributed by atoms with Crippen molar-refractivity contribution < 1.29 is 47.6 Å². The van der Waals surface area contributed by atoms with Crippen LogP contribution in [0.25, 0.3) is 0 Å². The van der Waals surface area contributed by atoms with Crippen LogP contribution >= 0.6 is 0 Å². The second-order valence-electron chi connectivity index (χ2n) is 13.8. The van der Waals surface area contributed by atoms with Crippen LogP contribution in [0, 0.1) is 107 Å². The number of hydrogen-bond donors (Lipinski definition) is 2. The van der Waals surface area contributed by atoms with Crippen molar-refractivity contribution in [1.29, 1.82) is 0 Å². The highest BCUT2D eigenvalue weighted by molar-refractivity contribution is 5.81. The van der Waals surface area contributed by atoms with E-state index in [1.807, 2.05) is 0 Å². The van der Waals surface area contributed by atoms with Crippen LogP contribution in [0.2, 0.25) is 0 Å². The fraction of sp³-hybridized carbons (Fsp3) is 0.345. The Morgan fingerprint density at radius 3 is 1.19 bits per heavy atom. The third kappa shape index (κ3) is 26.6. The van der Waals surface area contributed by atoms with Gasteiger partial charge in [-0.15, -0.1) is 0 Å². The van der Waals surface area contributed by atoms with E-state index in [0.29, 0.717) is 24.6 Å². The second-order valence-corrected chi connectivity index (χ2v) is 13.8. The van der Waals surface area contributed by atoms with Gasteiger partial charge in [0.25, 0.3) is 0 Å². The molecule has 0 heterocycles. The number of fused-ring (bicyclic) bond motifs is 2. The van der Waals surface area contributed by atoms with Crippen LogP contribution in [0.5, 0.6) is 11.5 Å². The zero-order valence-electron chi connectivity index (χ0n) is 38.4. The van der Waals surface area contributed by atoms with Crippen molar-refractivity contribution in [2.45, 2.75) is 72.0 Å². The average molecular weight is 903 g/mol. The Morgan fingerprint density at radius 2 is 0.896 bits per heavy atom. The number of rotatable bonds is 16. The Labute approximate surface area is 395 Å². The summed E-state index contributed by atoms with van der Waals surface area (Å²) < 4.78 is 31.5. The molecule has 12 heteroatoms. The van der Waals surface area contributed by atoms with Crippen molar-refractivity contribution in [3.8, 4) is 106 Å². The van der Waals surface area contributed by atoms with Gasteiger partial charge in [0.05, 0.1) is 0 Å². The molecule has 2 aliphatic carbocycles. The molecular weight excluding hydrogens is 849 g/mol. The highest BCUT2D eigenvalue weighted by atomic mass is 16.6. The molecule has 2 amide bonds. The van der Waals surface area contributed by atoms with E-state index in [2.05, 4.69) is 119 Å². The molecular formula is C55H54N2O10. The molecule has 2 atom stereocenters. The van der Waals surface area contributed by atoms with E-state index in [9.17, 15) is 19.2 Å². The van der Waals surface area contributed by atoms with Crippen molar-refractivity contribution in [1.82, 2.24) is 10.6 Å². The first-order valence-electron chi connectivity index (χ1n) is 21.4. The summed E-state index contributed by atoms with van der Waals surface area (Å²) in [4.78, 5) is 45.7. The van der Waals surface area contributed by atoms with Gasteiger partial charge in [-0.3, -0.25) is 0 Å². The van der Waals surface area contributed by atoms with E-state index >= 15 is 0 Å². The number of carbonyl (C=O) groups is 4. The lowest BCUT2D eigenvalue weighted by Gasteiger charge is -2.18. The van der Waals surface area contributed by atoms with Gasteiger partial charge in [0.2, 0.25) is 0 Å². The van der Waals surface area contributed by atoms with Gasteiger partial charge < -0.3 is 39.1 Å². The van der Waals surface area contributed by atoms with Gasteiger partial charge in [-0.1, -0.05) is 62.5 Å². The van der Waals surface area contributed by atoms with Crippen molar-refractivity contribution in [3.05, 3.63) is 85.0 Å². The maximum atomic E-state index is 11.6. The molecule has 2 N–H and O–H groups in total. The molecule has 2 fully saturated rings. The van der Waals surface area contributed by atoms with Crippen molar-refractivity contribution in [2.24, 2.45) is 11.8 Å². The van der Waals surface area contributed by atoms with Crippen LogP contribution in [-0.4, -0.2) is 75.9 Å². The highest BCUT2D eigenvalue weighted by Crippen LogP contribution is 2.43. The first-order chi connectivity index (χ1) is 32.6. The van der Waals surface area contributed by atoms with Crippen LogP contribution < -0.4 is 20.1 Å². The van der Waals surface area contributed by atoms with E-state index in [4.69, 9.17) is 28.4 Å². The van der Waals surface area contributed by atoms with Gasteiger partial charge in [-0.25, -0.2) is 19.2 Å². The summed E-state index contributed by atoms with van der Waals surface area (Å²) in [5.41, 5.74) is 1.49. The van der Waals surface area contributed by atoms with Gasteiger partial charge >= 0.3 is 24.1 Å². The zero-order valence-corrected chi connectivity index (χ0v) is 38.4. The van der Waals surface area contributed by atoms with Crippen LogP contribution in [0.4, 0.5) is 9.59 Å². The summed E-state index contributed by atoms with van der Waals surface area (Å²) in [6, 6.07) is 13.9. The SMILES string of the molecule is C1CC2CCC1C2.C=CC(=O)OCC(COc1ccc(C#CC#CC#CC#CC)cc1)OC(=O)NCC.C=CC(=O)OCC(COc1ccc(C#CC#CC#CC#CC)cc1)OC(=O)NCC. The Bertz CT molecular complexity index is 2300. The molecule has 0 aromatic heterocycles. The van der Waals surface area contributed by atoms with E-state index in [0.717, 1.165) is 23.3 Å². The fourth-order valence-corrected chi connectivity index (χ4v) is 5.78. The molecule has 12 nitrogen and oxygen atoms in total. The number of amides is 2. The van der Waals surface area contributed by atoms with Crippen LogP contribution in [0.1, 0.15) is 70.9 Å². The summed E-state index contributed by atoms with van der Waals surface area (Å²) in [7, 11) is 0. The number of benzene rings is 2. The Morgan fingerprint density at radius 1 is 0.552 bits per heavy atom. The van der Waals surface area contributed by atoms with Crippen LogP contribution in [-0.2, 0) is 28.5 Å². The third-order valence-corrected chi connectivity index (χ3v) is 8.85. The quantitative estimate of drug-likeness (QED) is 0.0801. The molecule has 2 aromatic rings. The molecule has 344 valence electrons. The number of carbonyl (C=O) groups excluding carboxylic acids is 4. The van der Waals surface area contributed by atoms with Crippen LogP contribution in [0.15, 0.2) is 73.8 Å².